The number of nitriles is 1. The smallest absolute Gasteiger partial charge is 0.300 e. The fourth-order valence-electron chi connectivity index (χ4n) is 3.69. The monoisotopic (exact) mass is 412 g/mol. The van der Waals surface area contributed by atoms with Gasteiger partial charge in [0, 0.05) is 11.3 Å². The van der Waals surface area contributed by atoms with Crippen molar-refractivity contribution in [2.24, 2.45) is 0 Å². The fourth-order valence-corrected chi connectivity index (χ4v) is 3.69. The third-order valence-electron chi connectivity index (χ3n) is 5.27. The molecular formula is C25H17FN2O3. The Labute approximate surface area is 178 Å². The van der Waals surface area contributed by atoms with E-state index in [2.05, 4.69) is 0 Å². The Kier molecular flexibility index (Phi) is 5.10. The van der Waals surface area contributed by atoms with Crippen LogP contribution in [0, 0.1) is 24.1 Å². The second-order valence-corrected chi connectivity index (χ2v) is 7.20. The Balaban J connectivity index is 1.93. The third-order valence-corrected chi connectivity index (χ3v) is 5.27. The normalized spacial score (nSPS) is 17.6. The van der Waals surface area contributed by atoms with Crippen molar-refractivity contribution in [3.05, 3.63) is 106 Å². The number of Topliss-reactive ketones (excluding diaryl/α,β-unsaturated/α-hetero) is 1. The van der Waals surface area contributed by atoms with Crippen LogP contribution in [0.3, 0.4) is 0 Å². The van der Waals surface area contributed by atoms with Crippen LogP contribution < -0.4 is 4.90 Å². The number of amides is 1. The van der Waals surface area contributed by atoms with Crippen molar-refractivity contribution < 1.29 is 19.1 Å². The highest BCUT2D eigenvalue weighted by atomic mass is 19.1. The van der Waals surface area contributed by atoms with Gasteiger partial charge in [-0.05, 0) is 60.5 Å². The Morgan fingerprint density at radius 1 is 1.03 bits per heavy atom. The van der Waals surface area contributed by atoms with Gasteiger partial charge in [-0.25, -0.2) is 4.39 Å². The molecule has 1 fully saturated rings. The minimum absolute atomic E-state index is 0.0773. The second kappa shape index (κ2) is 7.88. The summed E-state index contributed by atoms with van der Waals surface area (Å²) in [6.07, 6.45) is 0. The lowest BCUT2D eigenvalue weighted by molar-refractivity contribution is -0.132. The number of aliphatic hydroxyl groups is 1. The number of ketones is 1. The van der Waals surface area contributed by atoms with Crippen molar-refractivity contribution in [3.8, 4) is 6.07 Å². The lowest BCUT2D eigenvalue weighted by Crippen LogP contribution is -2.29. The van der Waals surface area contributed by atoms with Crippen LogP contribution in [0.15, 0.2) is 78.4 Å². The van der Waals surface area contributed by atoms with E-state index < -0.39 is 23.5 Å². The summed E-state index contributed by atoms with van der Waals surface area (Å²) in [7, 11) is 0. The van der Waals surface area contributed by atoms with Crippen molar-refractivity contribution in [1.82, 2.24) is 0 Å². The number of carbonyl (C=O) groups excluding carboxylic acids is 2. The molecule has 0 aliphatic carbocycles. The van der Waals surface area contributed by atoms with Crippen LogP contribution in [0.2, 0.25) is 0 Å². The van der Waals surface area contributed by atoms with Gasteiger partial charge in [-0.1, -0.05) is 30.3 Å². The molecule has 4 rings (SSSR count). The van der Waals surface area contributed by atoms with E-state index in [0.29, 0.717) is 22.4 Å². The Hall–Kier alpha value is -4.24. The zero-order chi connectivity index (χ0) is 22.1. The number of halogens is 1. The third kappa shape index (κ3) is 3.47. The van der Waals surface area contributed by atoms with E-state index in [1.165, 1.54) is 23.1 Å². The Morgan fingerprint density at radius 2 is 1.71 bits per heavy atom. The van der Waals surface area contributed by atoms with Crippen LogP contribution in [0.25, 0.3) is 5.76 Å². The van der Waals surface area contributed by atoms with Crippen LogP contribution in [-0.2, 0) is 9.59 Å². The maximum Gasteiger partial charge on any atom is 0.300 e. The van der Waals surface area contributed by atoms with E-state index in [1.54, 1.807) is 61.5 Å². The molecule has 1 heterocycles. The number of benzene rings is 3. The van der Waals surface area contributed by atoms with Crippen molar-refractivity contribution >= 4 is 23.1 Å². The summed E-state index contributed by atoms with van der Waals surface area (Å²) in [5, 5.41) is 20.1. The van der Waals surface area contributed by atoms with Gasteiger partial charge in [0.1, 0.15) is 11.6 Å². The molecule has 1 amide bonds. The quantitative estimate of drug-likeness (QED) is 0.386. The number of hydrogen-bond donors (Lipinski definition) is 1. The van der Waals surface area contributed by atoms with Gasteiger partial charge in [-0.15, -0.1) is 0 Å². The van der Waals surface area contributed by atoms with Crippen molar-refractivity contribution in [3.63, 3.8) is 0 Å². The first-order valence-corrected chi connectivity index (χ1v) is 9.55. The number of anilines is 1. The zero-order valence-electron chi connectivity index (χ0n) is 16.5. The Bertz CT molecular complexity index is 1260. The first kappa shape index (κ1) is 20.0. The number of rotatable bonds is 3. The van der Waals surface area contributed by atoms with Crippen LogP contribution in [0.5, 0.6) is 0 Å². The molecule has 1 N–H and O–H groups in total. The SMILES string of the molecule is Cc1cc(/C(O)=C2/C(=O)C(=O)N(c3ccc(C#N)cc3)C2c2ccccc2)ccc1F. The molecule has 1 unspecified atom stereocenters. The fraction of sp³-hybridized carbons (Fsp3) is 0.0800. The summed E-state index contributed by atoms with van der Waals surface area (Å²) in [4.78, 5) is 27.4. The molecule has 0 aromatic heterocycles. The number of carbonyl (C=O) groups is 2. The molecule has 0 bridgehead atoms. The number of aliphatic hydroxyl groups excluding tert-OH is 1. The first-order chi connectivity index (χ1) is 14.9. The van der Waals surface area contributed by atoms with Crippen LogP contribution in [0.1, 0.15) is 28.3 Å². The van der Waals surface area contributed by atoms with E-state index in [4.69, 9.17) is 5.26 Å². The summed E-state index contributed by atoms with van der Waals surface area (Å²) < 4.78 is 13.7. The minimum atomic E-state index is -0.875. The predicted molar refractivity (Wildman–Crippen MR) is 114 cm³/mol. The molecule has 0 radical (unpaired) electrons. The van der Waals surface area contributed by atoms with E-state index in [-0.39, 0.29) is 16.9 Å². The van der Waals surface area contributed by atoms with Crippen molar-refractivity contribution in [1.29, 1.82) is 5.26 Å². The van der Waals surface area contributed by atoms with Crippen molar-refractivity contribution in [2.75, 3.05) is 4.90 Å². The van der Waals surface area contributed by atoms with E-state index in [1.807, 2.05) is 6.07 Å². The van der Waals surface area contributed by atoms with Gasteiger partial charge in [0.25, 0.3) is 11.7 Å². The molecule has 152 valence electrons. The van der Waals surface area contributed by atoms with Gasteiger partial charge >= 0.3 is 0 Å². The largest absolute Gasteiger partial charge is 0.507 e. The number of aryl methyl sites for hydroxylation is 1. The van der Waals surface area contributed by atoms with Gasteiger partial charge in [-0.3, -0.25) is 14.5 Å². The predicted octanol–water partition coefficient (Wildman–Crippen LogP) is 4.63. The molecule has 3 aromatic rings. The average Bonchev–Trinajstić information content (AvgIpc) is 3.06. The maximum absolute atomic E-state index is 13.7. The topological polar surface area (TPSA) is 81.4 Å². The molecule has 3 aromatic carbocycles. The standard InChI is InChI=1S/C25H17FN2O3/c1-15-13-18(9-12-20(15)26)23(29)21-22(17-5-3-2-4-6-17)28(25(31)24(21)30)19-10-7-16(14-27)8-11-19/h2-13,22,29H,1H3/b23-21-. The highest BCUT2D eigenvalue weighted by Gasteiger charge is 2.46. The van der Waals surface area contributed by atoms with Crippen LogP contribution in [-0.4, -0.2) is 16.8 Å². The number of hydrogen-bond acceptors (Lipinski definition) is 4. The molecule has 1 aliphatic heterocycles. The minimum Gasteiger partial charge on any atom is -0.507 e. The molecular weight excluding hydrogens is 395 g/mol. The van der Waals surface area contributed by atoms with Crippen molar-refractivity contribution in [2.45, 2.75) is 13.0 Å². The molecule has 1 saturated heterocycles. The molecule has 6 heteroatoms. The highest BCUT2D eigenvalue weighted by molar-refractivity contribution is 6.51. The molecule has 1 atom stereocenters. The van der Waals surface area contributed by atoms with Crippen LogP contribution in [0.4, 0.5) is 10.1 Å². The van der Waals surface area contributed by atoms with E-state index >= 15 is 0 Å². The van der Waals surface area contributed by atoms with Crippen LogP contribution >= 0.6 is 0 Å². The average molecular weight is 412 g/mol. The summed E-state index contributed by atoms with van der Waals surface area (Å²) in [5.41, 5.74) is 1.94. The van der Waals surface area contributed by atoms with Gasteiger partial charge in [0.2, 0.25) is 0 Å². The van der Waals surface area contributed by atoms with Gasteiger partial charge in [0.15, 0.2) is 0 Å². The highest BCUT2D eigenvalue weighted by Crippen LogP contribution is 2.42. The summed E-state index contributed by atoms with van der Waals surface area (Å²) in [6.45, 7) is 1.55. The summed E-state index contributed by atoms with van der Waals surface area (Å²) in [6, 6.07) is 20.3. The molecule has 31 heavy (non-hydrogen) atoms. The lowest BCUT2D eigenvalue weighted by atomic mass is 9.94. The lowest BCUT2D eigenvalue weighted by Gasteiger charge is -2.25. The summed E-state index contributed by atoms with van der Waals surface area (Å²) >= 11 is 0. The van der Waals surface area contributed by atoms with E-state index in [9.17, 15) is 19.1 Å². The van der Waals surface area contributed by atoms with Gasteiger partial charge in [-0.2, -0.15) is 5.26 Å². The van der Waals surface area contributed by atoms with Gasteiger partial charge < -0.3 is 5.11 Å². The first-order valence-electron chi connectivity index (χ1n) is 9.55. The maximum atomic E-state index is 13.7. The van der Waals surface area contributed by atoms with Gasteiger partial charge in [0.05, 0.1) is 23.2 Å². The molecule has 1 aliphatic rings. The second-order valence-electron chi connectivity index (χ2n) is 7.20. The zero-order valence-corrected chi connectivity index (χ0v) is 16.5. The number of nitrogens with zero attached hydrogens (tertiary/aromatic N) is 2. The molecule has 5 nitrogen and oxygen atoms in total. The summed E-state index contributed by atoms with van der Waals surface area (Å²) in [5.74, 6) is -2.43. The van der Waals surface area contributed by atoms with E-state index in [0.717, 1.165) is 0 Å². The molecule has 0 spiro atoms. The Morgan fingerprint density at radius 3 is 2.32 bits per heavy atom. The molecule has 0 saturated carbocycles.